The number of hydrazine groups is 1. The van der Waals surface area contributed by atoms with E-state index in [1.807, 2.05) is 24.8 Å². The standard InChI is InChI=1S/C17H27N5O/c1-12(2)19-9-10-20(16(19)23)15-11-13(3)22-14(18-15)7-8-21(22)17(4,5)6/h7,11-12H,8-10H2,1-6H3. The average Bonchev–Trinajstić information content (AvgIpc) is 3.01. The van der Waals surface area contributed by atoms with Crippen LogP contribution in [0.4, 0.5) is 4.79 Å². The van der Waals surface area contributed by atoms with Gasteiger partial charge in [-0.25, -0.2) is 14.8 Å². The van der Waals surface area contributed by atoms with Crippen molar-refractivity contribution in [2.75, 3.05) is 19.6 Å². The van der Waals surface area contributed by atoms with E-state index in [1.54, 1.807) is 4.90 Å². The molecule has 0 atom stereocenters. The first-order valence-electron chi connectivity index (χ1n) is 8.33. The van der Waals surface area contributed by atoms with Crippen LogP contribution >= 0.6 is 0 Å². The second-order valence-electron chi connectivity index (χ2n) is 7.60. The minimum absolute atomic E-state index is 0.0261. The highest BCUT2D eigenvalue weighted by atomic mass is 16.2. The van der Waals surface area contributed by atoms with Crippen LogP contribution in [0.25, 0.3) is 0 Å². The first kappa shape index (κ1) is 16.1. The summed E-state index contributed by atoms with van der Waals surface area (Å²) in [5.74, 6) is 1.68. The summed E-state index contributed by atoms with van der Waals surface area (Å²) in [5, 5.41) is 4.45. The number of carbonyl (C=O) groups is 1. The first-order chi connectivity index (χ1) is 10.7. The van der Waals surface area contributed by atoms with Crippen molar-refractivity contribution in [2.45, 2.75) is 53.1 Å². The van der Waals surface area contributed by atoms with E-state index in [9.17, 15) is 4.79 Å². The second kappa shape index (κ2) is 5.37. The molecule has 6 nitrogen and oxygen atoms in total. The van der Waals surface area contributed by atoms with Crippen molar-refractivity contribution in [1.29, 1.82) is 0 Å². The molecular weight excluding hydrogens is 290 g/mol. The average molecular weight is 317 g/mol. The lowest BCUT2D eigenvalue weighted by Crippen LogP contribution is -2.49. The monoisotopic (exact) mass is 317 g/mol. The van der Waals surface area contributed by atoms with Gasteiger partial charge in [0, 0.05) is 43.0 Å². The van der Waals surface area contributed by atoms with Gasteiger partial charge in [-0.2, -0.15) is 0 Å². The van der Waals surface area contributed by atoms with E-state index >= 15 is 0 Å². The van der Waals surface area contributed by atoms with Gasteiger partial charge in [-0.15, -0.1) is 0 Å². The van der Waals surface area contributed by atoms with Crippen LogP contribution < -0.4 is 0 Å². The molecule has 0 aromatic rings. The summed E-state index contributed by atoms with van der Waals surface area (Å²) in [7, 11) is 0. The summed E-state index contributed by atoms with van der Waals surface area (Å²) in [6.45, 7) is 15.1. The van der Waals surface area contributed by atoms with Gasteiger partial charge in [-0.1, -0.05) is 0 Å². The van der Waals surface area contributed by atoms with E-state index < -0.39 is 0 Å². The highest BCUT2D eigenvalue weighted by molar-refractivity contribution is 6.06. The zero-order chi connectivity index (χ0) is 16.9. The number of urea groups is 1. The number of rotatable bonds is 1. The van der Waals surface area contributed by atoms with Gasteiger partial charge in [0.05, 0.1) is 0 Å². The lowest BCUT2D eigenvalue weighted by molar-refractivity contribution is -0.0135. The normalized spacial score (nSPS) is 22.7. The molecule has 3 rings (SSSR count). The summed E-state index contributed by atoms with van der Waals surface area (Å²) in [4.78, 5) is 21.0. The largest absolute Gasteiger partial charge is 0.326 e. The number of carbonyl (C=O) groups excluding carboxylic acids is 1. The molecule has 0 saturated carbocycles. The molecule has 0 spiro atoms. The third-order valence-electron chi connectivity index (χ3n) is 4.52. The molecule has 0 bridgehead atoms. The highest BCUT2D eigenvalue weighted by Gasteiger charge is 2.38. The molecule has 0 aliphatic carbocycles. The maximum atomic E-state index is 12.6. The molecule has 1 saturated heterocycles. The summed E-state index contributed by atoms with van der Waals surface area (Å²) in [5.41, 5.74) is 1.13. The van der Waals surface area contributed by atoms with E-state index in [2.05, 4.69) is 43.8 Å². The summed E-state index contributed by atoms with van der Waals surface area (Å²) in [6.07, 6.45) is 4.14. The molecule has 6 heteroatoms. The van der Waals surface area contributed by atoms with Gasteiger partial charge in [0.2, 0.25) is 0 Å². The lowest BCUT2D eigenvalue weighted by atomic mass is 10.1. The summed E-state index contributed by atoms with van der Waals surface area (Å²) < 4.78 is 0. The molecule has 0 aromatic heterocycles. The molecule has 0 N–H and O–H groups in total. The Hall–Kier alpha value is -1.82. The number of allylic oxidation sites excluding steroid dienone is 1. The van der Waals surface area contributed by atoms with Crippen molar-refractivity contribution in [1.82, 2.24) is 19.8 Å². The topological polar surface area (TPSA) is 42.4 Å². The number of amides is 2. The van der Waals surface area contributed by atoms with Crippen LogP contribution in [0.15, 0.2) is 28.7 Å². The van der Waals surface area contributed by atoms with Crippen molar-refractivity contribution in [3.8, 4) is 0 Å². The fourth-order valence-corrected chi connectivity index (χ4v) is 3.28. The van der Waals surface area contributed by atoms with Gasteiger partial charge in [0.25, 0.3) is 0 Å². The Bertz CT molecular complexity index is 611. The van der Waals surface area contributed by atoms with Crippen molar-refractivity contribution >= 4 is 11.9 Å². The van der Waals surface area contributed by atoms with E-state index in [1.165, 1.54) is 0 Å². The van der Waals surface area contributed by atoms with Crippen LogP contribution in [0.3, 0.4) is 0 Å². The van der Waals surface area contributed by atoms with Crippen LogP contribution in [0.5, 0.6) is 0 Å². The zero-order valence-electron chi connectivity index (χ0n) is 15.0. The van der Waals surface area contributed by atoms with E-state index in [0.29, 0.717) is 6.54 Å². The van der Waals surface area contributed by atoms with Gasteiger partial charge >= 0.3 is 6.03 Å². The molecule has 23 heavy (non-hydrogen) atoms. The molecule has 0 unspecified atom stereocenters. The molecule has 3 aliphatic rings. The third-order valence-corrected chi connectivity index (χ3v) is 4.52. The smallest absolute Gasteiger partial charge is 0.320 e. The Morgan fingerprint density at radius 2 is 1.91 bits per heavy atom. The minimum Gasteiger partial charge on any atom is -0.320 e. The van der Waals surface area contributed by atoms with Gasteiger partial charge in [0.1, 0.15) is 11.7 Å². The Labute approximate surface area is 138 Å². The number of hydrogen-bond donors (Lipinski definition) is 0. The molecule has 1 fully saturated rings. The Morgan fingerprint density at radius 3 is 2.48 bits per heavy atom. The van der Waals surface area contributed by atoms with Crippen LogP contribution in [0, 0.1) is 0 Å². The summed E-state index contributed by atoms with van der Waals surface area (Å²) >= 11 is 0. The molecule has 0 aromatic carbocycles. The zero-order valence-corrected chi connectivity index (χ0v) is 15.0. The van der Waals surface area contributed by atoms with Gasteiger partial charge < -0.3 is 4.90 Å². The molecule has 3 aliphatic heterocycles. The third kappa shape index (κ3) is 2.65. The first-order valence-corrected chi connectivity index (χ1v) is 8.33. The number of nitrogens with zero attached hydrogens (tertiary/aromatic N) is 5. The van der Waals surface area contributed by atoms with Crippen LogP contribution in [-0.4, -0.2) is 62.9 Å². The number of aliphatic imine (C=N–C) groups is 1. The molecule has 2 amide bonds. The van der Waals surface area contributed by atoms with E-state index in [0.717, 1.165) is 30.4 Å². The predicted molar refractivity (Wildman–Crippen MR) is 91.5 cm³/mol. The lowest BCUT2D eigenvalue weighted by Gasteiger charge is -2.42. The van der Waals surface area contributed by atoms with Gasteiger partial charge in [-0.05, 0) is 47.6 Å². The quantitative estimate of drug-likeness (QED) is 0.746. The maximum Gasteiger partial charge on any atom is 0.326 e. The Kier molecular flexibility index (Phi) is 3.75. The molecule has 3 heterocycles. The Morgan fingerprint density at radius 1 is 1.22 bits per heavy atom. The minimum atomic E-state index is 0.0261. The number of fused-ring (bicyclic) bond motifs is 1. The Balaban J connectivity index is 1.85. The van der Waals surface area contributed by atoms with Crippen LogP contribution in [0.1, 0.15) is 41.5 Å². The van der Waals surface area contributed by atoms with Crippen LogP contribution in [0.2, 0.25) is 0 Å². The van der Waals surface area contributed by atoms with Crippen molar-refractivity contribution in [3.05, 3.63) is 23.7 Å². The highest BCUT2D eigenvalue weighted by Crippen LogP contribution is 2.33. The van der Waals surface area contributed by atoms with Crippen LogP contribution in [-0.2, 0) is 0 Å². The number of amidine groups is 1. The molecule has 0 radical (unpaired) electrons. The van der Waals surface area contributed by atoms with Gasteiger partial charge in [0.15, 0.2) is 0 Å². The van der Waals surface area contributed by atoms with Gasteiger partial charge in [-0.3, -0.25) is 9.91 Å². The van der Waals surface area contributed by atoms with E-state index in [4.69, 9.17) is 4.99 Å². The molecule has 126 valence electrons. The SMILES string of the molecule is CC1=CC(N2CCN(C(C)C)C2=O)=NC2=CCN(C(C)(C)C)N12. The fourth-order valence-electron chi connectivity index (χ4n) is 3.28. The van der Waals surface area contributed by atoms with Crippen molar-refractivity contribution in [3.63, 3.8) is 0 Å². The van der Waals surface area contributed by atoms with Crippen molar-refractivity contribution < 1.29 is 4.79 Å². The van der Waals surface area contributed by atoms with E-state index in [-0.39, 0.29) is 17.6 Å². The number of hydrogen-bond acceptors (Lipinski definition) is 4. The predicted octanol–water partition coefficient (Wildman–Crippen LogP) is 2.62. The summed E-state index contributed by atoms with van der Waals surface area (Å²) in [6, 6.07) is 0.280. The second-order valence-corrected chi connectivity index (χ2v) is 7.60. The van der Waals surface area contributed by atoms with Crippen molar-refractivity contribution in [2.24, 2.45) is 4.99 Å². The maximum absolute atomic E-state index is 12.6. The molecular formula is C17H27N5O. The fraction of sp³-hybridized carbons (Fsp3) is 0.647.